The number of furan rings is 1. The molecule has 178 valence electrons. The van der Waals surface area contributed by atoms with Gasteiger partial charge in [-0.3, -0.25) is 19.6 Å². The predicted octanol–water partition coefficient (Wildman–Crippen LogP) is 2.63. The second kappa shape index (κ2) is 12.3. The van der Waals surface area contributed by atoms with Crippen molar-refractivity contribution in [2.45, 2.75) is 32.6 Å². The van der Waals surface area contributed by atoms with Gasteiger partial charge in [-0.15, -0.1) is 0 Å². The van der Waals surface area contributed by atoms with E-state index >= 15 is 0 Å². The number of unbranched alkanes of at least 4 members (excludes halogenated alkanes) is 2. The lowest BCUT2D eigenvalue weighted by Gasteiger charge is -2.19. The van der Waals surface area contributed by atoms with Gasteiger partial charge in [0.15, 0.2) is 5.76 Å². The molecule has 0 aliphatic carbocycles. The summed E-state index contributed by atoms with van der Waals surface area (Å²) in [5.41, 5.74) is -0.636. The lowest BCUT2D eigenvalue weighted by molar-refractivity contribution is -0.154. The number of halogens is 1. The van der Waals surface area contributed by atoms with Crippen molar-refractivity contribution in [3.8, 4) is 11.3 Å². The van der Waals surface area contributed by atoms with E-state index in [2.05, 4.69) is 10.6 Å². The Bertz CT molecular complexity index is 992. The Balaban J connectivity index is 1.96. The van der Waals surface area contributed by atoms with Crippen molar-refractivity contribution in [3.63, 3.8) is 0 Å². The van der Waals surface area contributed by atoms with Gasteiger partial charge < -0.3 is 20.2 Å². The van der Waals surface area contributed by atoms with Crippen LogP contribution in [0.25, 0.3) is 11.3 Å². The number of carbonyl (C=O) groups is 4. The van der Waals surface area contributed by atoms with E-state index in [9.17, 15) is 28.8 Å². The first-order valence-corrected chi connectivity index (χ1v) is 10.4. The number of hydrogen-bond donors (Lipinski definition) is 4. The Morgan fingerprint density at radius 1 is 1.18 bits per heavy atom. The molecule has 0 aliphatic heterocycles. The van der Waals surface area contributed by atoms with E-state index in [4.69, 9.17) is 9.52 Å². The molecule has 11 heteroatoms. The molecule has 33 heavy (non-hydrogen) atoms. The zero-order valence-electron chi connectivity index (χ0n) is 18.0. The molecule has 2 aromatic rings. The second-order valence-electron chi connectivity index (χ2n) is 7.28. The summed E-state index contributed by atoms with van der Waals surface area (Å²) in [6.07, 6.45) is 3.25. The number of carbonyl (C=O) groups excluding carboxylic acids is 3. The average Bonchev–Trinajstić information content (AvgIpc) is 3.28. The number of aromatic carboxylic acids is 1. The summed E-state index contributed by atoms with van der Waals surface area (Å²) in [7, 11) is 0. The van der Waals surface area contributed by atoms with E-state index in [-0.39, 0.29) is 36.7 Å². The van der Waals surface area contributed by atoms with Gasteiger partial charge in [0.2, 0.25) is 12.3 Å². The molecule has 0 fully saturated rings. The number of hydrogen-bond acceptors (Lipinski definition) is 6. The summed E-state index contributed by atoms with van der Waals surface area (Å²) < 4.78 is 19.7. The Morgan fingerprint density at radius 2 is 1.94 bits per heavy atom. The molecular weight excluding hydrogens is 437 g/mol. The van der Waals surface area contributed by atoms with Crippen molar-refractivity contribution in [2.75, 3.05) is 13.2 Å². The Hall–Kier alpha value is -3.73. The number of nitrogens with one attached hydrogen (secondary N) is 2. The molecule has 1 atom stereocenters. The highest BCUT2D eigenvalue weighted by Gasteiger charge is 2.21. The lowest BCUT2D eigenvalue weighted by atomic mass is 10.0. The summed E-state index contributed by atoms with van der Waals surface area (Å²) >= 11 is 0. The normalized spacial score (nSPS) is 11.5. The van der Waals surface area contributed by atoms with Gasteiger partial charge in [-0.2, -0.15) is 0 Å². The fourth-order valence-electron chi connectivity index (χ4n) is 3.15. The molecule has 1 aromatic carbocycles. The lowest BCUT2D eigenvalue weighted by Crippen LogP contribution is -2.42. The number of carboxylic acid groups (broad SMARTS) is 1. The average molecular weight is 463 g/mol. The molecule has 0 saturated heterocycles. The highest BCUT2D eigenvalue weighted by atomic mass is 19.1. The van der Waals surface area contributed by atoms with E-state index < -0.39 is 35.1 Å². The van der Waals surface area contributed by atoms with Crippen LogP contribution in [0.2, 0.25) is 0 Å². The molecular formula is C22H26FN3O7. The van der Waals surface area contributed by atoms with Crippen molar-refractivity contribution in [1.82, 2.24) is 15.7 Å². The summed E-state index contributed by atoms with van der Waals surface area (Å²) in [5, 5.41) is 23.8. The third kappa shape index (κ3) is 7.14. The Morgan fingerprint density at radius 3 is 2.61 bits per heavy atom. The van der Waals surface area contributed by atoms with Crippen LogP contribution in [-0.4, -0.2) is 52.8 Å². The fourth-order valence-corrected chi connectivity index (χ4v) is 3.15. The van der Waals surface area contributed by atoms with Crippen molar-refractivity contribution < 1.29 is 38.3 Å². The highest BCUT2D eigenvalue weighted by molar-refractivity contribution is 5.93. The molecule has 0 spiro atoms. The van der Waals surface area contributed by atoms with Crippen LogP contribution in [0, 0.1) is 11.7 Å². The van der Waals surface area contributed by atoms with E-state index in [1.165, 1.54) is 24.3 Å². The van der Waals surface area contributed by atoms with E-state index in [0.717, 1.165) is 25.3 Å². The number of benzene rings is 1. The topological polar surface area (TPSA) is 149 Å². The van der Waals surface area contributed by atoms with Crippen LogP contribution in [0.3, 0.4) is 0 Å². The summed E-state index contributed by atoms with van der Waals surface area (Å²) in [5.74, 6) is -4.39. The third-order valence-corrected chi connectivity index (χ3v) is 4.89. The van der Waals surface area contributed by atoms with Gasteiger partial charge in [-0.25, -0.2) is 14.2 Å². The SMILES string of the molecule is CCCCCC(CN(O)C=O)C(=O)NCNC(=O)c1ccc(-c2cccc(C(=O)O)c2F)o1. The zero-order valence-corrected chi connectivity index (χ0v) is 18.0. The Kier molecular flexibility index (Phi) is 9.55. The number of hydroxylamine groups is 2. The van der Waals surface area contributed by atoms with Crippen LogP contribution in [0.15, 0.2) is 34.7 Å². The molecule has 0 bridgehead atoms. The molecule has 10 nitrogen and oxygen atoms in total. The van der Waals surface area contributed by atoms with Crippen molar-refractivity contribution >= 4 is 24.2 Å². The first-order chi connectivity index (χ1) is 15.8. The highest BCUT2D eigenvalue weighted by Crippen LogP contribution is 2.27. The van der Waals surface area contributed by atoms with Gasteiger partial charge in [0.25, 0.3) is 5.91 Å². The minimum Gasteiger partial charge on any atom is -0.478 e. The van der Waals surface area contributed by atoms with E-state index in [0.29, 0.717) is 11.5 Å². The number of rotatable bonds is 13. The number of nitrogens with zero attached hydrogens (tertiary/aromatic N) is 1. The van der Waals surface area contributed by atoms with E-state index in [1.54, 1.807) is 0 Å². The van der Waals surface area contributed by atoms with Gasteiger partial charge in [0.1, 0.15) is 11.6 Å². The molecule has 0 aliphatic rings. The number of amides is 3. The van der Waals surface area contributed by atoms with E-state index in [1.807, 2.05) is 6.92 Å². The molecule has 0 radical (unpaired) electrons. The first-order valence-electron chi connectivity index (χ1n) is 10.4. The minimum atomic E-state index is -1.43. The first kappa shape index (κ1) is 25.5. The number of carboxylic acids is 1. The van der Waals surface area contributed by atoms with Crippen LogP contribution < -0.4 is 10.6 Å². The Labute approximate surface area is 189 Å². The maximum Gasteiger partial charge on any atom is 0.338 e. The maximum absolute atomic E-state index is 14.4. The van der Waals surface area contributed by atoms with Crippen LogP contribution in [0.4, 0.5) is 4.39 Å². The van der Waals surface area contributed by atoms with Crippen LogP contribution in [0.1, 0.15) is 53.5 Å². The van der Waals surface area contributed by atoms with Gasteiger partial charge in [0, 0.05) is 0 Å². The van der Waals surface area contributed by atoms with Crippen molar-refractivity contribution in [1.29, 1.82) is 0 Å². The van der Waals surface area contributed by atoms with Gasteiger partial charge >= 0.3 is 5.97 Å². The monoisotopic (exact) mass is 463 g/mol. The zero-order chi connectivity index (χ0) is 24.4. The second-order valence-corrected chi connectivity index (χ2v) is 7.28. The maximum atomic E-state index is 14.4. The van der Waals surface area contributed by atoms with Crippen LogP contribution in [0.5, 0.6) is 0 Å². The molecule has 3 amide bonds. The predicted molar refractivity (Wildman–Crippen MR) is 114 cm³/mol. The smallest absolute Gasteiger partial charge is 0.338 e. The van der Waals surface area contributed by atoms with Crippen LogP contribution >= 0.6 is 0 Å². The van der Waals surface area contributed by atoms with Gasteiger partial charge in [0.05, 0.1) is 30.3 Å². The van der Waals surface area contributed by atoms with Gasteiger partial charge in [-0.1, -0.05) is 32.3 Å². The minimum absolute atomic E-state index is 0.0299. The quantitative estimate of drug-likeness (QED) is 0.117. The standard InChI is InChI=1S/C22H26FN3O7/c1-2-3-4-6-14(11-26(32)13-27)20(28)24-12-25-21(29)18-10-9-17(33-18)15-7-5-8-16(19(15)23)22(30)31/h5,7-10,13-14,32H,2-4,6,11-12H2,1H3,(H,24,28)(H,25,29)(H,30,31). The summed E-state index contributed by atoms with van der Waals surface area (Å²) in [6.45, 7) is 1.59. The summed E-state index contributed by atoms with van der Waals surface area (Å²) in [4.78, 5) is 46.4. The molecule has 1 heterocycles. The van der Waals surface area contributed by atoms with Crippen LogP contribution in [-0.2, 0) is 9.59 Å². The van der Waals surface area contributed by atoms with Crippen molar-refractivity contribution in [2.24, 2.45) is 5.92 Å². The third-order valence-electron chi connectivity index (χ3n) is 4.89. The molecule has 1 unspecified atom stereocenters. The molecule has 1 aromatic heterocycles. The molecule has 0 saturated carbocycles. The van der Waals surface area contributed by atoms with Gasteiger partial charge in [-0.05, 0) is 30.7 Å². The summed E-state index contributed by atoms with van der Waals surface area (Å²) in [6, 6.07) is 6.41. The molecule has 2 rings (SSSR count). The largest absolute Gasteiger partial charge is 0.478 e. The molecule has 4 N–H and O–H groups in total. The fraction of sp³-hybridized carbons (Fsp3) is 0.364. The van der Waals surface area contributed by atoms with Crippen molar-refractivity contribution in [3.05, 3.63) is 47.5 Å².